The van der Waals surface area contributed by atoms with Gasteiger partial charge in [-0.1, -0.05) is 6.92 Å². The van der Waals surface area contributed by atoms with Crippen molar-refractivity contribution in [3.8, 4) is 0 Å². The Kier molecular flexibility index (Phi) is 4.99. The summed E-state index contributed by atoms with van der Waals surface area (Å²) in [6, 6.07) is 3.01. The van der Waals surface area contributed by atoms with Crippen LogP contribution in [0.25, 0.3) is 0 Å². The van der Waals surface area contributed by atoms with Crippen LogP contribution in [0.2, 0.25) is 0 Å². The van der Waals surface area contributed by atoms with Crippen LogP contribution in [0.15, 0.2) is 23.1 Å². The Morgan fingerprint density at radius 2 is 2.00 bits per heavy atom. The van der Waals surface area contributed by atoms with Crippen LogP contribution in [0, 0.1) is 5.82 Å². The van der Waals surface area contributed by atoms with Crippen LogP contribution in [0.1, 0.15) is 34.1 Å². The van der Waals surface area contributed by atoms with Gasteiger partial charge in [0.15, 0.2) is 9.84 Å². The first-order chi connectivity index (χ1) is 9.51. The molecule has 1 aromatic rings. The van der Waals surface area contributed by atoms with E-state index in [4.69, 9.17) is 5.73 Å². The Morgan fingerprint density at radius 3 is 2.48 bits per heavy atom. The number of benzene rings is 1. The number of hydrogen-bond donors (Lipinski definition) is 2. The average molecular weight is 316 g/mol. The lowest BCUT2D eigenvalue weighted by atomic mass is 10.0. The van der Waals surface area contributed by atoms with Crippen molar-refractivity contribution < 1.29 is 17.6 Å². The van der Waals surface area contributed by atoms with E-state index < -0.39 is 32.4 Å². The highest BCUT2D eigenvalue weighted by Crippen LogP contribution is 2.24. The highest BCUT2D eigenvalue weighted by molar-refractivity contribution is 7.93. The molecule has 7 heteroatoms. The molecule has 1 atom stereocenters. The van der Waals surface area contributed by atoms with Gasteiger partial charge in [-0.05, 0) is 45.4 Å². The second kappa shape index (κ2) is 6.01. The van der Waals surface area contributed by atoms with E-state index in [0.717, 1.165) is 18.2 Å². The molecule has 0 fully saturated rings. The third-order valence-corrected chi connectivity index (χ3v) is 5.59. The maximum atomic E-state index is 13.0. The molecule has 5 nitrogen and oxygen atoms in total. The van der Waals surface area contributed by atoms with E-state index in [0.29, 0.717) is 6.42 Å². The number of carbonyl (C=O) groups is 1. The Balaban J connectivity index is 3.10. The SMILES string of the molecule is CCC(C)(C)NC(=O)C(C)S(=O)(=O)c1ccc(F)cc1N. The Bertz CT molecular complexity index is 642. The predicted molar refractivity (Wildman–Crippen MR) is 80.0 cm³/mol. The molecule has 0 aliphatic carbocycles. The minimum absolute atomic E-state index is 0.204. The number of nitrogens with one attached hydrogen (secondary N) is 1. The van der Waals surface area contributed by atoms with Crippen LogP contribution < -0.4 is 11.1 Å². The lowest BCUT2D eigenvalue weighted by molar-refractivity contribution is -0.122. The summed E-state index contributed by atoms with van der Waals surface area (Å²) in [5.74, 6) is -1.23. The van der Waals surface area contributed by atoms with E-state index in [-0.39, 0.29) is 10.6 Å². The summed E-state index contributed by atoms with van der Waals surface area (Å²) in [5.41, 5.74) is 4.84. The largest absolute Gasteiger partial charge is 0.398 e. The van der Waals surface area contributed by atoms with Crippen molar-refractivity contribution in [2.45, 2.75) is 49.8 Å². The Labute approximate surface area is 124 Å². The molecule has 1 amide bonds. The number of nitrogen functional groups attached to an aromatic ring is 1. The zero-order chi connectivity index (χ0) is 16.4. The first-order valence-electron chi connectivity index (χ1n) is 6.62. The zero-order valence-electron chi connectivity index (χ0n) is 12.6. The second-order valence-corrected chi connectivity index (χ2v) is 7.83. The molecule has 0 aromatic heterocycles. The molecule has 3 N–H and O–H groups in total. The first kappa shape index (κ1) is 17.4. The quantitative estimate of drug-likeness (QED) is 0.641. The lowest BCUT2D eigenvalue weighted by Crippen LogP contribution is -2.48. The molecule has 1 aromatic carbocycles. The van der Waals surface area contributed by atoms with Gasteiger partial charge in [0.2, 0.25) is 5.91 Å². The molecule has 1 rings (SSSR count). The fraction of sp³-hybridized carbons (Fsp3) is 0.500. The highest BCUT2D eigenvalue weighted by atomic mass is 32.2. The molecule has 21 heavy (non-hydrogen) atoms. The van der Waals surface area contributed by atoms with Gasteiger partial charge in [-0.15, -0.1) is 0 Å². The van der Waals surface area contributed by atoms with Gasteiger partial charge in [-0.2, -0.15) is 0 Å². The Hall–Kier alpha value is -1.63. The van der Waals surface area contributed by atoms with E-state index in [1.54, 1.807) is 13.8 Å². The maximum absolute atomic E-state index is 13.0. The summed E-state index contributed by atoms with van der Waals surface area (Å²) in [7, 11) is -3.97. The van der Waals surface area contributed by atoms with Crippen molar-refractivity contribution in [2.24, 2.45) is 0 Å². The lowest BCUT2D eigenvalue weighted by Gasteiger charge is -2.26. The predicted octanol–water partition coefficient (Wildman–Crippen LogP) is 1.87. The molecule has 1 unspecified atom stereocenters. The number of hydrogen-bond acceptors (Lipinski definition) is 4. The van der Waals surface area contributed by atoms with Gasteiger partial charge >= 0.3 is 0 Å². The van der Waals surface area contributed by atoms with Gasteiger partial charge in [0.1, 0.15) is 11.1 Å². The van der Waals surface area contributed by atoms with Crippen molar-refractivity contribution >= 4 is 21.4 Å². The molecule has 0 saturated carbocycles. The molecule has 0 radical (unpaired) electrons. The van der Waals surface area contributed by atoms with Crippen LogP contribution in [0.5, 0.6) is 0 Å². The summed E-state index contributed by atoms with van der Waals surface area (Å²) < 4.78 is 37.8. The smallest absolute Gasteiger partial charge is 0.238 e. The minimum atomic E-state index is -3.97. The molecule has 0 bridgehead atoms. The monoisotopic (exact) mass is 316 g/mol. The standard InChI is InChI=1S/C14H21FN2O3S/c1-5-14(3,4)17-13(18)9(2)21(19,20)12-7-6-10(15)8-11(12)16/h6-9H,5,16H2,1-4H3,(H,17,18). The number of carbonyl (C=O) groups excluding carboxylic acids is 1. The molecule has 0 aliphatic rings. The summed E-state index contributed by atoms with van der Waals surface area (Å²) in [6.45, 7) is 6.78. The van der Waals surface area contributed by atoms with Gasteiger partial charge in [-0.3, -0.25) is 4.79 Å². The van der Waals surface area contributed by atoms with Crippen molar-refractivity contribution in [3.63, 3.8) is 0 Å². The summed E-state index contributed by atoms with van der Waals surface area (Å²) in [4.78, 5) is 11.9. The number of anilines is 1. The van der Waals surface area contributed by atoms with E-state index >= 15 is 0 Å². The third-order valence-electron chi connectivity index (χ3n) is 3.46. The van der Waals surface area contributed by atoms with Crippen LogP contribution in [0.4, 0.5) is 10.1 Å². The normalized spacial score (nSPS) is 13.8. The van der Waals surface area contributed by atoms with Gasteiger partial charge in [0.25, 0.3) is 0 Å². The molecule has 0 aliphatic heterocycles. The minimum Gasteiger partial charge on any atom is -0.398 e. The zero-order valence-corrected chi connectivity index (χ0v) is 13.4. The van der Waals surface area contributed by atoms with Crippen molar-refractivity contribution in [2.75, 3.05) is 5.73 Å². The molecule has 0 heterocycles. The van der Waals surface area contributed by atoms with E-state index in [9.17, 15) is 17.6 Å². The molecule has 0 spiro atoms. The molecular formula is C14H21FN2O3S. The van der Waals surface area contributed by atoms with Crippen LogP contribution in [0.3, 0.4) is 0 Å². The average Bonchev–Trinajstić information content (AvgIpc) is 2.36. The van der Waals surface area contributed by atoms with Gasteiger partial charge in [0, 0.05) is 5.54 Å². The fourth-order valence-corrected chi connectivity index (χ4v) is 3.00. The van der Waals surface area contributed by atoms with E-state index in [1.165, 1.54) is 6.92 Å². The first-order valence-corrected chi connectivity index (χ1v) is 8.17. The fourth-order valence-electron chi connectivity index (χ4n) is 1.63. The second-order valence-electron chi connectivity index (χ2n) is 5.60. The van der Waals surface area contributed by atoms with Crippen molar-refractivity contribution in [3.05, 3.63) is 24.0 Å². The summed E-state index contributed by atoms with van der Waals surface area (Å²) in [6.07, 6.45) is 0.657. The summed E-state index contributed by atoms with van der Waals surface area (Å²) in [5, 5.41) is 1.37. The molecule has 118 valence electrons. The Morgan fingerprint density at radius 1 is 1.43 bits per heavy atom. The number of amides is 1. The van der Waals surface area contributed by atoms with Crippen LogP contribution in [-0.2, 0) is 14.6 Å². The topological polar surface area (TPSA) is 89.3 Å². The van der Waals surface area contributed by atoms with Crippen LogP contribution >= 0.6 is 0 Å². The number of halogens is 1. The van der Waals surface area contributed by atoms with Gasteiger partial charge in [-0.25, -0.2) is 12.8 Å². The van der Waals surface area contributed by atoms with Gasteiger partial charge in [0.05, 0.1) is 10.6 Å². The van der Waals surface area contributed by atoms with Crippen LogP contribution in [-0.4, -0.2) is 25.1 Å². The highest BCUT2D eigenvalue weighted by Gasteiger charge is 2.33. The molecule has 0 saturated heterocycles. The van der Waals surface area contributed by atoms with E-state index in [1.807, 2.05) is 6.92 Å². The number of rotatable bonds is 5. The number of sulfone groups is 1. The van der Waals surface area contributed by atoms with Gasteiger partial charge < -0.3 is 11.1 Å². The maximum Gasteiger partial charge on any atom is 0.238 e. The van der Waals surface area contributed by atoms with E-state index in [2.05, 4.69) is 5.32 Å². The van der Waals surface area contributed by atoms with Crippen molar-refractivity contribution in [1.82, 2.24) is 5.32 Å². The molecular weight excluding hydrogens is 295 g/mol. The summed E-state index contributed by atoms with van der Waals surface area (Å²) >= 11 is 0. The number of nitrogens with two attached hydrogens (primary N) is 1. The van der Waals surface area contributed by atoms with Crippen molar-refractivity contribution in [1.29, 1.82) is 0 Å². The third kappa shape index (κ3) is 3.93.